The van der Waals surface area contributed by atoms with Crippen molar-refractivity contribution in [1.82, 2.24) is 9.78 Å². The van der Waals surface area contributed by atoms with Crippen LogP contribution in [-0.4, -0.2) is 9.78 Å². The number of nitrogens with zero attached hydrogens (tertiary/aromatic N) is 3. The first kappa shape index (κ1) is 12.5. The van der Waals surface area contributed by atoms with Crippen molar-refractivity contribution in [2.75, 3.05) is 5.73 Å². The molecule has 18 heavy (non-hydrogen) atoms. The smallest absolute Gasteiger partial charge is 0.236 e. The van der Waals surface area contributed by atoms with Crippen molar-refractivity contribution in [3.8, 4) is 17.7 Å². The third kappa shape index (κ3) is 2.05. The molecule has 0 spiro atoms. The van der Waals surface area contributed by atoms with Gasteiger partial charge in [-0.1, -0.05) is 6.07 Å². The number of nitriles is 1. The average Bonchev–Trinajstić information content (AvgIpc) is 2.58. The van der Waals surface area contributed by atoms with E-state index in [0.29, 0.717) is 28.6 Å². The van der Waals surface area contributed by atoms with E-state index >= 15 is 0 Å². The number of aromatic nitrogens is 2. The molecule has 1 aromatic carbocycles. The first-order valence-electron chi connectivity index (χ1n) is 5.20. The van der Waals surface area contributed by atoms with Crippen LogP contribution in [-0.2, 0) is 7.05 Å². The molecule has 0 unspecified atom stereocenters. The Balaban J connectivity index is 2.50. The van der Waals surface area contributed by atoms with Crippen LogP contribution in [0.1, 0.15) is 11.3 Å². The van der Waals surface area contributed by atoms with Crippen molar-refractivity contribution in [3.63, 3.8) is 0 Å². The number of hydrogen-bond donors (Lipinski definition) is 1. The molecule has 5 nitrogen and oxygen atoms in total. The standard InChI is InChI=1S/C12H11BrN4O/c1-7-8(6-14)12(17(2)16-7)18-11-9(13)4-3-5-10(11)15/h3-5H,15H2,1-2H3. The lowest BCUT2D eigenvalue weighted by Gasteiger charge is -2.10. The van der Waals surface area contributed by atoms with E-state index < -0.39 is 0 Å². The molecule has 6 heteroatoms. The van der Waals surface area contributed by atoms with Crippen LogP contribution in [0.2, 0.25) is 0 Å². The van der Waals surface area contributed by atoms with E-state index in [1.807, 2.05) is 12.1 Å². The molecule has 0 aliphatic heterocycles. The Morgan fingerprint density at radius 3 is 2.83 bits per heavy atom. The average molecular weight is 307 g/mol. The number of aryl methyl sites for hydroxylation is 2. The molecule has 2 aromatic rings. The second kappa shape index (κ2) is 4.70. The van der Waals surface area contributed by atoms with Crippen LogP contribution in [0.3, 0.4) is 0 Å². The predicted octanol–water partition coefficient (Wildman–Crippen LogP) is 2.74. The van der Waals surface area contributed by atoms with Gasteiger partial charge in [-0.05, 0) is 35.0 Å². The highest BCUT2D eigenvalue weighted by atomic mass is 79.9. The molecule has 92 valence electrons. The number of anilines is 1. The van der Waals surface area contributed by atoms with Crippen molar-refractivity contribution in [2.45, 2.75) is 6.92 Å². The Hall–Kier alpha value is -2.00. The van der Waals surface area contributed by atoms with Gasteiger partial charge in [0.15, 0.2) is 5.75 Å². The minimum Gasteiger partial charge on any atom is -0.435 e. The summed E-state index contributed by atoms with van der Waals surface area (Å²) in [6.07, 6.45) is 0. The summed E-state index contributed by atoms with van der Waals surface area (Å²) < 4.78 is 7.97. The largest absolute Gasteiger partial charge is 0.435 e. The summed E-state index contributed by atoms with van der Waals surface area (Å²) in [5.41, 5.74) is 7.38. The first-order valence-corrected chi connectivity index (χ1v) is 5.99. The third-order valence-electron chi connectivity index (χ3n) is 2.48. The van der Waals surface area contributed by atoms with Crippen LogP contribution >= 0.6 is 15.9 Å². The molecular formula is C12H11BrN4O. The molecule has 0 aliphatic rings. The maximum Gasteiger partial charge on any atom is 0.236 e. The van der Waals surface area contributed by atoms with Gasteiger partial charge in [0.2, 0.25) is 5.88 Å². The van der Waals surface area contributed by atoms with Crippen molar-refractivity contribution in [2.24, 2.45) is 7.05 Å². The van der Waals surface area contributed by atoms with E-state index in [4.69, 9.17) is 15.7 Å². The van der Waals surface area contributed by atoms with Gasteiger partial charge < -0.3 is 10.5 Å². The van der Waals surface area contributed by atoms with Gasteiger partial charge in [0.1, 0.15) is 11.6 Å². The van der Waals surface area contributed by atoms with Crippen LogP contribution in [0, 0.1) is 18.3 Å². The highest BCUT2D eigenvalue weighted by molar-refractivity contribution is 9.10. The van der Waals surface area contributed by atoms with Crippen molar-refractivity contribution < 1.29 is 4.74 Å². The number of rotatable bonds is 2. The van der Waals surface area contributed by atoms with Gasteiger partial charge in [-0.15, -0.1) is 0 Å². The summed E-state index contributed by atoms with van der Waals surface area (Å²) in [5, 5.41) is 13.3. The predicted molar refractivity (Wildman–Crippen MR) is 71.3 cm³/mol. The zero-order valence-electron chi connectivity index (χ0n) is 9.94. The lowest BCUT2D eigenvalue weighted by molar-refractivity contribution is 0.429. The summed E-state index contributed by atoms with van der Waals surface area (Å²) in [4.78, 5) is 0. The number of hydrogen-bond acceptors (Lipinski definition) is 4. The quantitative estimate of drug-likeness (QED) is 0.865. The van der Waals surface area contributed by atoms with E-state index in [0.717, 1.165) is 4.47 Å². The summed E-state index contributed by atoms with van der Waals surface area (Å²) in [7, 11) is 1.72. The summed E-state index contributed by atoms with van der Waals surface area (Å²) in [6, 6.07) is 7.44. The van der Waals surface area contributed by atoms with Crippen LogP contribution in [0.25, 0.3) is 0 Å². The fourth-order valence-corrected chi connectivity index (χ4v) is 2.08. The van der Waals surface area contributed by atoms with E-state index in [2.05, 4.69) is 27.1 Å². The molecule has 0 bridgehead atoms. The number of nitrogen functional groups attached to an aromatic ring is 1. The fourth-order valence-electron chi connectivity index (χ4n) is 1.61. The van der Waals surface area contributed by atoms with Gasteiger partial charge in [0.05, 0.1) is 15.9 Å². The Morgan fingerprint density at radius 1 is 1.50 bits per heavy atom. The van der Waals surface area contributed by atoms with E-state index in [1.165, 1.54) is 4.68 Å². The molecule has 0 fully saturated rings. The molecule has 0 radical (unpaired) electrons. The Kier molecular flexibility index (Phi) is 3.26. The Morgan fingerprint density at radius 2 is 2.22 bits per heavy atom. The van der Waals surface area contributed by atoms with Gasteiger partial charge in [-0.2, -0.15) is 10.4 Å². The van der Waals surface area contributed by atoms with E-state index in [1.54, 1.807) is 20.0 Å². The van der Waals surface area contributed by atoms with Crippen molar-refractivity contribution in [1.29, 1.82) is 5.26 Å². The number of halogens is 1. The molecule has 0 aliphatic carbocycles. The minimum absolute atomic E-state index is 0.383. The van der Waals surface area contributed by atoms with Crippen molar-refractivity contribution >= 4 is 21.6 Å². The van der Waals surface area contributed by atoms with Crippen molar-refractivity contribution in [3.05, 3.63) is 33.9 Å². The summed E-state index contributed by atoms with van der Waals surface area (Å²) in [6.45, 7) is 1.76. The molecule has 0 saturated carbocycles. The van der Waals surface area contributed by atoms with Gasteiger partial charge in [0, 0.05) is 7.05 Å². The van der Waals surface area contributed by atoms with Crippen LogP contribution in [0.5, 0.6) is 11.6 Å². The maximum atomic E-state index is 9.10. The molecule has 0 atom stereocenters. The molecule has 0 amide bonds. The second-order valence-electron chi connectivity index (χ2n) is 3.76. The van der Waals surface area contributed by atoms with E-state index in [-0.39, 0.29) is 0 Å². The number of ether oxygens (including phenoxy) is 1. The molecule has 2 rings (SSSR count). The highest BCUT2D eigenvalue weighted by Gasteiger charge is 2.17. The fraction of sp³-hybridized carbons (Fsp3) is 0.167. The van der Waals surface area contributed by atoms with Gasteiger partial charge in [-0.25, -0.2) is 4.68 Å². The molecule has 2 N–H and O–H groups in total. The topological polar surface area (TPSA) is 76.9 Å². The normalized spacial score (nSPS) is 10.1. The van der Waals surface area contributed by atoms with Gasteiger partial charge in [0.25, 0.3) is 0 Å². The van der Waals surface area contributed by atoms with Crippen LogP contribution in [0.15, 0.2) is 22.7 Å². The third-order valence-corrected chi connectivity index (χ3v) is 3.10. The number of nitrogens with two attached hydrogens (primary N) is 1. The maximum absolute atomic E-state index is 9.10. The summed E-state index contributed by atoms with van der Waals surface area (Å²) in [5.74, 6) is 0.866. The molecular weight excluding hydrogens is 296 g/mol. The number of benzene rings is 1. The zero-order valence-corrected chi connectivity index (χ0v) is 11.5. The van der Waals surface area contributed by atoms with Gasteiger partial charge >= 0.3 is 0 Å². The highest BCUT2D eigenvalue weighted by Crippen LogP contribution is 2.36. The molecule has 1 aromatic heterocycles. The van der Waals surface area contributed by atoms with Gasteiger partial charge in [-0.3, -0.25) is 0 Å². The van der Waals surface area contributed by atoms with Crippen LogP contribution < -0.4 is 10.5 Å². The second-order valence-corrected chi connectivity index (χ2v) is 4.62. The van der Waals surface area contributed by atoms with Crippen LogP contribution in [0.4, 0.5) is 5.69 Å². The summed E-state index contributed by atoms with van der Waals surface area (Å²) >= 11 is 3.36. The Labute approximate surface area is 113 Å². The minimum atomic E-state index is 0.383. The number of para-hydroxylation sites is 1. The zero-order chi connectivity index (χ0) is 13.3. The Bertz CT molecular complexity index is 622. The molecule has 1 heterocycles. The molecule has 0 saturated heterocycles. The lowest BCUT2D eigenvalue weighted by Crippen LogP contribution is -1.99. The SMILES string of the molecule is Cc1nn(C)c(Oc2c(N)cccc2Br)c1C#N. The van der Waals surface area contributed by atoms with E-state index in [9.17, 15) is 0 Å². The first-order chi connectivity index (χ1) is 8.54. The monoisotopic (exact) mass is 306 g/mol. The lowest BCUT2D eigenvalue weighted by atomic mass is 10.2.